The Morgan fingerprint density at radius 2 is 2.29 bits per heavy atom. The first kappa shape index (κ1) is 13.2. The normalized spacial score (nSPS) is 11.9. The third-order valence-corrected chi connectivity index (χ3v) is 2.42. The zero-order chi connectivity index (χ0) is 12.8. The van der Waals surface area contributed by atoms with Gasteiger partial charge in [0.2, 0.25) is 0 Å². The largest absolute Gasteiger partial charge is 0.506 e. The fourth-order valence-corrected chi connectivity index (χ4v) is 1.22. The third-order valence-electron chi connectivity index (χ3n) is 2.42. The first-order chi connectivity index (χ1) is 8.04. The number of phenols is 1. The van der Waals surface area contributed by atoms with Crippen molar-refractivity contribution in [3.8, 4) is 11.5 Å². The number of amides is 1. The van der Waals surface area contributed by atoms with Crippen LogP contribution in [0.15, 0.2) is 18.2 Å². The highest BCUT2D eigenvalue weighted by molar-refractivity contribution is 5.78. The van der Waals surface area contributed by atoms with Crippen LogP contribution in [-0.4, -0.2) is 23.7 Å². The number of hydrogen-bond donors (Lipinski definition) is 3. The summed E-state index contributed by atoms with van der Waals surface area (Å²) in [5, 5.41) is 12.1. The fraction of sp³-hybridized carbons (Fsp3) is 0.417. The van der Waals surface area contributed by atoms with Crippen molar-refractivity contribution in [2.24, 2.45) is 0 Å². The molecule has 0 radical (unpaired) electrons. The maximum atomic E-state index is 11.4. The summed E-state index contributed by atoms with van der Waals surface area (Å²) in [4.78, 5) is 11.4. The van der Waals surface area contributed by atoms with Crippen LogP contribution in [0, 0.1) is 0 Å². The standard InChI is InChI=1S/C12H18N2O3/c1-3-8(2)14-11(16)7-17-10-6-4-5-9(15)12(10)13/h4-6,8,15H,3,7,13H2,1-2H3,(H,14,16). The van der Waals surface area contributed by atoms with Gasteiger partial charge in [0.1, 0.15) is 17.2 Å². The number of phenolic OH excluding ortho intramolecular Hbond substituents is 1. The number of carbonyl (C=O) groups excluding carboxylic acids is 1. The summed E-state index contributed by atoms with van der Waals surface area (Å²) >= 11 is 0. The molecule has 17 heavy (non-hydrogen) atoms. The van der Waals surface area contributed by atoms with E-state index in [1.165, 1.54) is 6.07 Å². The van der Waals surface area contributed by atoms with Gasteiger partial charge in [-0.1, -0.05) is 13.0 Å². The van der Waals surface area contributed by atoms with Gasteiger partial charge in [-0.05, 0) is 25.5 Å². The van der Waals surface area contributed by atoms with Crippen LogP contribution in [0.1, 0.15) is 20.3 Å². The molecule has 1 rings (SSSR count). The molecule has 0 spiro atoms. The number of nitrogens with two attached hydrogens (primary N) is 1. The minimum absolute atomic E-state index is 0.0511. The van der Waals surface area contributed by atoms with E-state index in [0.717, 1.165) is 6.42 Å². The molecule has 0 aliphatic heterocycles. The summed E-state index contributed by atoms with van der Waals surface area (Å²) in [7, 11) is 0. The molecule has 1 atom stereocenters. The van der Waals surface area contributed by atoms with Gasteiger partial charge in [0.25, 0.3) is 5.91 Å². The Morgan fingerprint density at radius 1 is 1.59 bits per heavy atom. The number of aromatic hydroxyl groups is 1. The molecule has 1 aromatic rings. The van der Waals surface area contributed by atoms with Crippen molar-refractivity contribution in [2.45, 2.75) is 26.3 Å². The van der Waals surface area contributed by atoms with Crippen molar-refractivity contribution in [1.82, 2.24) is 5.32 Å². The number of ether oxygens (including phenoxy) is 1. The van der Waals surface area contributed by atoms with Crippen molar-refractivity contribution in [1.29, 1.82) is 0 Å². The van der Waals surface area contributed by atoms with Gasteiger partial charge >= 0.3 is 0 Å². The second kappa shape index (κ2) is 5.98. The number of hydrogen-bond acceptors (Lipinski definition) is 4. The quantitative estimate of drug-likeness (QED) is 0.532. The molecule has 5 nitrogen and oxygen atoms in total. The van der Waals surface area contributed by atoms with Gasteiger partial charge in [-0.25, -0.2) is 0 Å². The van der Waals surface area contributed by atoms with Crippen LogP contribution in [0.25, 0.3) is 0 Å². The molecular formula is C12H18N2O3. The predicted octanol–water partition coefficient (Wildman–Crippen LogP) is 1.27. The Labute approximate surface area is 101 Å². The highest BCUT2D eigenvalue weighted by Crippen LogP contribution is 2.29. The average Bonchev–Trinajstić information content (AvgIpc) is 2.31. The van der Waals surface area contributed by atoms with E-state index in [0.29, 0.717) is 5.75 Å². The van der Waals surface area contributed by atoms with E-state index in [4.69, 9.17) is 10.5 Å². The number of rotatable bonds is 5. The average molecular weight is 238 g/mol. The Kier molecular flexibility index (Phi) is 4.63. The van der Waals surface area contributed by atoms with Crippen LogP contribution in [0.4, 0.5) is 5.69 Å². The van der Waals surface area contributed by atoms with E-state index >= 15 is 0 Å². The number of nitrogens with one attached hydrogen (secondary N) is 1. The summed E-state index contributed by atoms with van der Waals surface area (Å²) < 4.78 is 5.23. The molecule has 4 N–H and O–H groups in total. The van der Waals surface area contributed by atoms with Crippen molar-refractivity contribution in [2.75, 3.05) is 12.3 Å². The lowest BCUT2D eigenvalue weighted by Gasteiger charge is -2.13. The number of nitrogen functional groups attached to an aromatic ring is 1. The van der Waals surface area contributed by atoms with Gasteiger partial charge in [-0.2, -0.15) is 0 Å². The first-order valence-corrected chi connectivity index (χ1v) is 5.54. The molecule has 0 heterocycles. The van der Waals surface area contributed by atoms with Crippen LogP contribution in [0.3, 0.4) is 0 Å². The molecule has 0 aromatic heterocycles. The second-order valence-electron chi connectivity index (χ2n) is 3.85. The van der Waals surface area contributed by atoms with Gasteiger partial charge in [0.05, 0.1) is 0 Å². The molecule has 94 valence electrons. The van der Waals surface area contributed by atoms with E-state index in [2.05, 4.69) is 5.32 Å². The summed E-state index contributed by atoms with van der Waals surface area (Å²) in [5.74, 6) is 0.0521. The lowest BCUT2D eigenvalue weighted by Crippen LogP contribution is -2.35. The smallest absolute Gasteiger partial charge is 0.258 e. The summed E-state index contributed by atoms with van der Waals surface area (Å²) in [5.41, 5.74) is 5.73. The zero-order valence-corrected chi connectivity index (χ0v) is 10.1. The molecule has 0 aliphatic carbocycles. The van der Waals surface area contributed by atoms with E-state index in [9.17, 15) is 9.90 Å². The van der Waals surface area contributed by atoms with Gasteiger partial charge in [0, 0.05) is 6.04 Å². The van der Waals surface area contributed by atoms with E-state index < -0.39 is 0 Å². The van der Waals surface area contributed by atoms with Crippen LogP contribution in [0.2, 0.25) is 0 Å². The summed E-state index contributed by atoms with van der Waals surface area (Å²) in [6.45, 7) is 3.79. The maximum absolute atomic E-state index is 11.4. The Morgan fingerprint density at radius 3 is 2.94 bits per heavy atom. The van der Waals surface area contributed by atoms with E-state index in [-0.39, 0.29) is 30.0 Å². The van der Waals surface area contributed by atoms with Crippen LogP contribution in [-0.2, 0) is 4.79 Å². The van der Waals surface area contributed by atoms with Gasteiger partial charge in [0.15, 0.2) is 6.61 Å². The van der Waals surface area contributed by atoms with Crippen LogP contribution >= 0.6 is 0 Å². The molecule has 0 bridgehead atoms. The highest BCUT2D eigenvalue weighted by atomic mass is 16.5. The monoisotopic (exact) mass is 238 g/mol. The number of anilines is 1. The van der Waals surface area contributed by atoms with Crippen molar-refractivity contribution in [3.05, 3.63) is 18.2 Å². The number of carbonyl (C=O) groups is 1. The molecular weight excluding hydrogens is 220 g/mol. The zero-order valence-electron chi connectivity index (χ0n) is 10.1. The SMILES string of the molecule is CCC(C)NC(=O)COc1cccc(O)c1N. The Bertz CT molecular complexity index is 393. The lowest BCUT2D eigenvalue weighted by atomic mass is 10.2. The molecule has 0 saturated carbocycles. The minimum Gasteiger partial charge on any atom is -0.506 e. The summed E-state index contributed by atoms with van der Waals surface area (Å²) in [6.07, 6.45) is 0.861. The summed E-state index contributed by atoms with van der Waals surface area (Å²) in [6, 6.07) is 4.79. The molecule has 0 aliphatic rings. The third kappa shape index (κ3) is 3.86. The van der Waals surface area contributed by atoms with Gasteiger partial charge < -0.3 is 20.9 Å². The molecule has 0 saturated heterocycles. The van der Waals surface area contributed by atoms with Crippen LogP contribution < -0.4 is 15.8 Å². The predicted molar refractivity (Wildman–Crippen MR) is 65.9 cm³/mol. The van der Waals surface area contributed by atoms with E-state index in [1.54, 1.807) is 12.1 Å². The highest BCUT2D eigenvalue weighted by Gasteiger charge is 2.09. The number of para-hydroxylation sites is 1. The second-order valence-corrected chi connectivity index (χ2v) is 3.85. The molecule has 5 heteroatoms. The lowest BCUT2D eigenvalue weighted by molar-refractivity contribution is -0.123. The molecule has 1 unspecified atom stereocenters. The Hall–Kier alpha value is -1.91. The molecule has 1 amide bonds. The minimum atomic E-state index is -0.206. The molecule has 1 aromatic carbocycles. The maximum Gasteiger partial charge on any atom is 0.258 e. The van der Waals surface area contributed by atoms with Crippen molar-refractivity contribution < 1.29 is 14.6 Å². The Balaban J connectivity index is 2.50. The first-order valence-electron chi connectivity index (χ1n) is 5.54. The van der Waals surface area contributed by atoms with Gasteiger partial charge in [-0.15, -0.1) is 0 Å². The fourth-order valence-electron chi connectivity index (χ4n) is 1.22. The van der Waals surface area contributed by atoms with Crippen molar-refractivity contribution >= 4 is 11.6 Å². The van der Waals surface area contributed by atoms with Crippen LogP contribution in [0.5, 0.6) is 11.5 Å². The topological polar surface area (TPSA) is 84.6 Å². The van der Waals surface area contributed by atoms with Gasteiger partial charge in [-0.3, -0.25) is 4.79 Å². The van der Waals surface area contributed by atoms with Crippen molar-refractivity contribution in [3.63, 3.8) is 0 Å². The van der Waals surface area contributed by atoms with E-state index in [1.807, 2.05) is 13.8 Å². The molecule has 0 fully saturated rings. The number of benzene rings is 1.